The van der Waals surface area contributed by atoms with Crippen LogP contribution >= 0.6 is 15.9 Å². The van der Waals surface area contributed by atoms with Gasteiger partial charge in [0.1, 0.15) is 11.9 Å². The number of halogens is 2. The quantitative estimate of drug-likeness (QED) is 0.947. The van der Waals surface area contributed by atoms with Gasteiger partial charge in [0.15, 0.2) is 0 Å². The van der Waals surface area contributed by atoms with E-state index in [0.29, 0.717) is 0 Å². The number of hydrogen-bond donors (Lipinski definition) is 1. The fourth-order valence-corrected chi connectivity index (χ4v) is 1.75. The maximum absolute atomic E-state index is 13.4. The number of hydrogen-bond acceptors (Lipinski definition) is 2. The molecule has 2 aromatic rings. The Kier molecular flexibility index (Phi) is 3.76. The van der Waals surface area contributed by atoms with E-state index in [1.807, 2.05) is 0 Å². The number of nitrogens with one attached hydrogen (secondary N) is 1. The van der Waals surface area contributed by atoms with E-state index in [-0.39, 0.29) is 11.6 Å². The molecule has 2 rings (SSSR count). The molecule has 0 bridgehead atoms. The van der Waals surface area contributed by atoms with Gasteiger partial charge in [0.05, 0.1) is 16.4 Å². The van der Waals surface area contributed by atoms with Crippen LogP contribution in [0, 0.1) is 5.82 Å². The number of nitrogens with zero attached hydrogens (tertiary/aromatic N) is 2. The van der Waals surface area contributed by atoms with Gasteiger partial charge < -0.3 is 5.32 Å². The minimum absolute atomic E-state index is 0.167. The van der Waals surface area contributed by atoms with Crippen LogP contribution in [-0.4, -0.2) is 15.7 Å². The molecule has 1 unspecified atom stereocenters. The lowest BCUT2D eigenvalue weighted by molar-refractivity contribution is -0.119. The van der Waals surface area contributed by atoms with Crippen LogP contribution in [0.5, 0.6) is 0 Å². The highest BCUT2D eigenvalue weighted by Gasteiger charge is 2.16. The summed E-state index contributed by atoms with van der Waals surface area (Å²) in [7, 11) is 0. The first-order valence-corrected chi connectivity index (χ1v) is 6.12. The SMILES string of the molecule is CC(C(=O)Nc1ccccc1F)n1cc(Br)cn1. The second kappa shape index (κ2) is 5.30. The first kappa shape index (κ1) is 12.8. The Morgan fingerprint density at radius 1 is 1.50 bits per heavy atom. The molecule has 1 atom stereocenters. The molecular formula is C12H11BrFN3O. The summed E-state index contributed by atoms with van der Waals surface area (Å²) in [4.78, 5) is 11.9. The molecule has 4 nitrogen and oxygen atoms in total. The maximum Gasteiger partial charge on any atom is 0.249 e. The number of carbonyl (C=O) groups is 1. The number of para-hydroxylation sites is 1. The number of anilines is 1. The highest BCUT2D eigenvalue weighted by atomic mass is 79.9. The van der Waals surface area contributed by atoms with Crippen molar-refractivity contribution in [3.05, 3.63) is 46.9 Å². The molecule has 94 valence electrons. The summed E-state index contributed by atoms with van der Waals surface area (Å²) in [5.41, 5.74) is 0.167. The fraction of sp³-hybridized carbons (Fsp3) is 0.167. The minimum Gasteiger partial charge on any atom is -0.322 e. The normalized spacial score (nSPS) is 12.2. The first-order chi connectivity index (χ1) is 8.58. The Hall–Kier alpha value is -1.69. The number of benzene rings is 1. The lowest BCUT2D eigenvalue weighted by Gasteiger charge is -2.12. The average molecular weight is 312 g/mol. The molecule has 0 aliphatic rings. The van der Waals surface area contributed by atoms with E-state index in [1.54, 1.807) is 31.5 Å². The Morgan fingerprint density at radius 2 is 2.22 bits per heavy atom. The van der Waals surface area contributed by atoms with Gasteiger partial charge in [0.25, 0.3) is 0 Å². The first-order valence-electron chi connectivity index (χ1n) is 5.33. The van der Waals surface area contributed by atoms with Gasteiger partial charge in [-0.1, -0.05) is 12.1 Å². The number of aromatic nitrogens is 2. The molecule has 1 N–H and O–H groups in total. The van der Waals surface area contributed by atoms with Gasteiger partial charge in [-0.15, -0.1) is 0 Å². The predicted molar refractivity (Wildman–Crippen MR) is 69.7 cm³/mol. The summed E-state index contributed by atoms with van der Waals surface area (Å²) < 4.78 is 15.7. The van der Waals surface area contributed by atoms with Crippen molar-refractivity contribution in [3.8, 4) is 0 Å². The van der Waals surface area contributed by atoms with Crippen LogP contribution < -0.4 is 5.32 Å². The number of amides is 1. The molecule has 1 aromatic carbocycles. The van der Waals surface area contributed by atoms with Crippen LogP contribution in [0.1, 0.15) is 13.0 Å². The van der Waals surface area contributed by atoms with Gasteiger partial charge in [0.2, 0.25) is 5.91 Å². The Bertz CT molecular complexity index is 570. The highest BCUT2D eigenvalue weighted by molar-refractivity contribution is 9.10. The Labute approximate surface area is 112 Å². The van der Waals surface area contributed by atoms with E-state index in [0.717, 1.165) is 4.47 Å². The van der Waals surface area contributed by atoms with Crippen molar-refractivity contribution in [3.63, 3.8) is 0 Å². The molecule has 0 fully saturated rings. The van der Waals surface area contributed by atoms with Gasteiger partial charge in [0, 0.05) is 6.20 Å². The zero-order valence-electron chi connectivity index (χ0n) is 9.60. The van der Waals surface area contributed by atoms with Crippen LogP contribution in [0.15, 0.2) is 41.1 Å². The van der Waals surface area contributed by atoms with Crippen molar-refractivity contribution in [2.45, 2.75) is 13.0 Å². The van der Waals surface area contributed by atoms with Crippen LogP contribution in [0.3, 0.4) is 0 Å². The second-order valence-corrected chi connectivity index (χ2v) is 4.70. The summed E-state index contributed by atoms with van der Waals surface area (Å²) in [6.45, 7) is 1.69. The van der Waals surface area contributed by atoms with E-state index < -0.39 is 11.9 Å². The molecular weight excluding hydrogens is 301 g/mol. The third kappa shape index (κ3) is 2.76. The largest absolute Gasteiger partial charge is 0.322 e. The molecule has 0 saturated heterocycles. The molecule has 0 aliphatic carbocycles. The second-order valence-electron chi connectivity index (χ2n) is 3.78. The van der Waals surface area contributed by atoms with Gasteiger partial charge in [-0.3, -0.25) is 9.48 Å². The van der Waals surface area contributed by atoms with E-state index >= 15 is 0 Å². The van der Waals surface area contributed by atoms with Crippen molar-refractivity contribution in [2.24, 2.45) is 0 Å². The Balaban J connectivity index is 2.11. The number of rotatable bonds is 3. The van der Waals surface area contributed by atoms with Crippen LogP contribution in [0.2, 0.25) is 0 Å². The summed E-state index contributed by atoms with van der Waals surface area (Å²) in [5, 5.41) is 6.54. The molecule has 1 amide bonds. The molecule has 0 aliphatic heterocycles. The third-order valence-electron chi connectivity index (χ3n) is 2.48. The van der Waals surface area contributed by atoms with Crippen molar-refractivity contribution in [2.75, 3.05) is 5.32 Å². The topological polar surface area (TPSA) is 46.9 Å². The van der Waals surface area contributed by atoms with Crippen molar-refractivity contribution < 1.29 is 9.18 Å². The average Bonchev–Trinajstić information content (AvgIpc) is 2.78. The van der Waals surface area contributed by atoms with Crippen LogP contribution in [-0.2, 0) is 4.79 Å². The summed E-state index contributed by atoms with van der Waals surface area (Å²) in [6.07, 6.45) is 3.28. The van der Waals surface area contributed by atoms with E-state index in [4.69, 9.17) is 0 Å². The van der Waals surface area contributed by atoms with Gasteiger partial charge in [-0.05, 0) is 35.0 Å². The van der Waals surface area contributed by atoms with Gasteiger partial charge in [-0.2, -0.15) is 5.10 Å². The van der Waals surface area contributed by atoms with E-state index in [1.165, 1.54) is 16.8 Å². The summed E-state index contributed by atoms with van der Waals surface area (Å²) >= 11 is 3.25. The monoisotopic (exact) mass is 311 g/mol. The molecule has 1 aromatic heterocycles. The van der Waals surface area contributed by atoms with Crippen LogP contribution in [0.25, 0.3) is 0 Å². The molecule has 18 heavy (non-hydrogen) atoms. The van der Waals surface area contributed by atoms with Crippen molar-refractivity contribution in [1.29, 1.82) is 0 Å². The predicted octanol–water partition coefficient (Wildman–Crippen LogP) is 2.98. The summed E-state index contributed by atoms with van der Waals surface area (Å²) in [5.74, 6) is -0.782. The smallest absolute Gasteiger partial charge is 0.249 e. The zero-order chi connectivity index (χ0) is 13.1. The lowest BCUT2D eigenvalue weighted by Crippen LogP contribution is -2.24. The highest BCUT2D eigenvalue weighted by Crippen LogP contribution is 2.16. The third-order valence-corrected chi connectivity index (χ3v) is 2.89. The molecule has 0 spiro atoms. The standard InChI is InChI=1S/C12H11BrFN3O/c1-8(17-7-9(13)6-15-17)12(18)16-11-5-3-2-4-10(11)14/h2-8H,1H3,(H,16,18). The summed E-state index contributed by atoms with van der Waals surface area (Å²) in [6, 6.07) is 5.52. The van der Waals surface area contributed by atoms with E-state index in [9.17, 15) is 9.18 Å². The van der Waals surface area contributed by atoms with Gasteiger partial charge >= 0.3 is 0 Å². The molecule has 6 heteroatoms. The van der Waals surface area contributed by atoms with Gasteiger partial charge in [-0.25, -0.2) is 4.39 Å². The fourth-order valence-electron chi connectivity index (χ4n) is 1.45. The van der Waals surface area contributed by atoms with Crippen molar-refractivity contribution in [1.82, 2.24) is 9.78 Å². The molecule has 0 radical (unpaired) electrons. The molecule has 1 heterocycles. The minimum atomic E-state index is -0.518. The number of carbonyl (C=O) groups excluding carboxylic acids is 1. The molecule has 0 saturated carbocycles. The lowest BCUT2D eigenvalue weighted by atomic mass is 10.2. The maximum atomic E-state index is 13.4. The van der Waals surface area contributed by atoms with Crippen LogP contribution in [0.4, 0.5) is 10.1 Å². The Morgan fingerprint density at radius 3 is 2.83 bits per heavy atom. The van der Waals surface area contributed by atoms with E-state index in [2.05, 4.69) is 26.3 Å². The van der Waals surface area contributed by atoms with Crippen molar-refractivity contribution >= 4 is 27.5 Å². The zero-order valence-corrected chi connectivity index (χ0v) is 11.2.